The molecule has 1 spiro atoms. The molecule has 4 rings (SSSR count). The molecular formula is C16H25N5. The summed E-state index contributed by atoms with van der Waals surface area (Å²) in [5.41, 5.74) is 15.1. The first-order chi connectivity index (χ1) is 10.2. The fourth-order valence-electron chi connectivity index (χ4n) is 4.66. The van der Waals surface area contributed by atoms with E-state index < -0.39 is 0 Å². The van der Waals surface area contributed by atoms with E-state index in [1.165, 1.54) is 49.8 Å². The first kappa shape index (κ1) is 13.3. The summed E-state index contributed by atoms with van der Waals surface area (Å²) in [5.74, 6) is 1.52. The van der Waals surface area contributed by atoms with Crippen LogP contribution in [-0.4, -0.2) is 29.1 Å². The summed E-state index contributed by atoms with van der Waals surface area (Å²) >= 11 is 0. The molecule has 1 aromatic rings. The summed E-state index contributed by atoms with van der Waals surface area (Å²) in [6, 6.07) is 0.265. The van der Waals surface area contributed by atoms with Gasteiger partial charge in [-0.25, -0.2) is 4.98 Å². The molecule has 0 aromatic carbocycles. The van der Waals surface area contributed by atoms with E-state index in [0.717, 1.165) is 31.7 Å². The number of hydrogen-bond acceptors (Lipinski definition) is 5. The van der Waals surface area contributed by atoms with E-state index in [9.17, 15) is 0 Å². The number of fused-ring (bicyclic) bond motifs is 2. The topological polar surface area (TPSA) is 81.1 Å². The predicted molar refractivity (Wildman–Crippen MR) is 84.3 cm³/mol. The molecular weight excluding hydrogens is 262 g/mol. The summed E-state index contributed by atoms with van der Waals surface area (Å²) < 4.78 is 0. The van der Waals surface area contributed by atoms with Crippen LogP contribution in [-0.2, 0) is 11.8 Å². The first-order valence-electron chi connectivity index (χ1n) is 8.35. The smallest absolute Gasteiger partial charge is 0.222 e. The first-order valence-corrected chi connectivity index (χ1v) is 8.35. The zero-order valence-electron chi connectivity index (χ0n) is 12.6. The van der Waals surface area contributed by atoms with Crippen LogP contribution in [0.3, 0.4) is 0 Å². The van der Waals surface area contributed by atoms with Crippen LogP contribution in [0.25, 0.3) is 0 Å². The van der Waals surface area contributed by atoms with Crippen LogP contribution in [0.15, 0.2) is 0 Å². The molecule has 1 saturated heterocycles. The molecule has 1 aromatic heterocycles. The van der Waals surface area contributed by atoms with Gasteiger partial charge < -0.3 is 16.4 Å². The Morgan fingerprint density at radius 3 is 2.57 bits per heavy atom. The van der Waals surface area contributed by atoms with E-state index in [4.69, 9.17) is 16.5 Å². The van der Waals surface area contributed by atoms with Crippen molar-refractivity contribution in [1.82, 2.24) is 9.97 Å². The highest BCUT2D eigenvalue weighted by Crippen LogP contribution is 2.49. The van der Waals surface area contributed by atoms with Crippen LogP contribution >= 0.6 is 0 Å². The van der Waals surface area contributed by atoms with Crippen LogP contribution in [0.5, 0.6) is 0 Å². The van der Waals surface area contributed by atoms with Gasteiger partial charge in [-0.05, 0) is 38.5 Å². The summed E-state index contributed by atoms with van der Waals surface area (Å²) in [5, 5.41) is 0. The Morgan fingerprint density at radius 2 is 1.86 bits per heavy atom. The second-order valence-corrected chi connectivity index (χ2v) is 7.07. The third kappa shape index (κ3) is 2.09. The monoisotopic (exact) mass is 287 g/mol. The second kappa shape index (κ2) is 4.83. The SMILES string of the molecule is Nc1nc(N2CC[C@@H](N)C2)c2c(n1)C1(CCCC1)CCC2. The maximum Gasteiger partial charge on any atom is 0.222 e. The number of anilines is 2. The lowest BCUT2D eigenvalue weighted by Crippen LogP contribution is -2.34. The molecule has 2 heterocycles. The molecule has 2 aliphatic carbocycles. The van der Waals surface area contributed by atoms with Crippen LogP contribution in [0.4, 0.5) is 11.8 Å². The largest absolute Gasteiger partial charge is 0.368 e. The lowest BCUT2D eigenvalue weighted by atomic mass is 9.71. The van der Waals surface area contributed by atoms with Gasteiger partial charge in [-0.3, -0.25) is 0 Å². The fourth-order valence-corrected chi connectivity index (χ4v) is 4.66. The standard InChI is InChI=1S/C16H25N5/c17-11-5-9-21(10-11)14-12-4-3-8-16(6-1-2-7-16)13(12)19-15(18)20-14/h11H,1-10,17H2,(H2,18,19,20)/t11-/m1/s1. The zero-order valence-corrected chi connectivity index (χ0v) is 12.6. The number of rotatable bonds is 1. The lowest BCUT2D eigenvalue weighted by Gasteiger charge is -2.36. The Labute approximate surface area is 126 Å². The zero-order chi connectivity index (χ0) is 14.4. The lowest BCUT2D eigenvalue weighted by molar-refractivity contribution is 0.357. The maximum absolute atomic E-state index is 6.08. The number of aromatic nitrogens is 2. The Hall–Kier alpha value is -1.36. The van der Waals surface area contributed by atoms with Crippen molar-refractivity contribution >= 4 is 11.8 Å². The van der Waals surface area contributed by atoms with E-state index in [1.807, 2.05) is 0 Å². The van der Waals surface area contributed by atoms with E-state index in [0.29, 0.717) is 11.4 Å². The highest BCUT2D eigenvalue weighted by atomic mass is 15.2. The molecule has 1 aliphatic heterocycles. The molecule has 0 unspecified atom stereocenters. The number of hydrogen-bond donors (Lipinski definition) is 2. The number of nitrogens with two attached hydrogens (primary N) is 2. The number of nitrogens with zero attached hydrogens (tertiary/aromatic N) is 3. The third-order valence-corrected chi connectivity index (χ3v) is 5.67. The van der Waals surface area contributed by atoms with E-state index >= 15 is 0 Å². The van der Waals surface area contributed by atoms with Crippen molar-refractivity contribution in [2.24, 2.45) is 5.73 Å². The van der Waals surface area contributed by atoms with Gasteiger partial charge in [0.05, 0.1) is 5.69 Å². The van der Waals surface area contributed by atoms with Crippen molar-refractivity contribution in [2.45, 2.75) is 62.8 Å². The molecule has 4 N–H and O–H groups in total. The fraction of sp³-hybridized carbons (Fsp3) is 0.750. The summed E-state index contributed by atoms with van der Waals surface area (Å²) in [4.78, 5) is 11.6. The van der Waals surface area contributed by atoms with Crippen molar-refractivity contribution in [3.8, 4) is 0 Å². The number of nitrogen functional groups attached to an aromatic ring is 1. The van der Waals surface area contributed by atoms with Crippen LogP contribution < -0.4 is 16.4 Å². The van der Waals surface area contributed by atoms with Gasteiger partial charge in [-0.15, -0.1) is 0 Å². The van der Waals surface area contributed by atoms with Gasteiger partial charge in [0.25, 0.3) is 0 Å². The van der Waals surface area contributed by atoms with Crippen molar-refractivity contribution in [2.75, 3.05) is 23.7 Å². The van der Waals surface area contributed by atoms with Crippen LogP contribution in [0, 0.1) is 0 Å². The van der Waals surface area contributed by atoms with E-state index in [-0.39, 0.29) is 6.04 Å². The van der Waals surface area contributed by atoms with E-state index in [1.54, 1.807) is 0 Å². The highest BCUT2D eigenvalue weighted by molar-refractivity contribution is 5.55. The summed E-state index contributed by atoms with van der Waals surface area (Å²) in [6.07, 6.45) is 9.87. The Kier molecular flexibility index (Phi) is 3.06. The third-order valence-electron chi connectivity index (χ3n) is 5.67. The highest BCUT2D eigenvalue weighted by Gasteiger charge is 2.42. The average Bonchev–Trinajstić information content (AvgIpc) is 3.09. The van der Waals surface area contributed by atoms with Gasteiger partial charge in [0.15, 0.2) is 0 Å². The van der Waals surface area contributed by atoms with Gasteiger partial charge in [0.1, 0.15) is 5.82 Å². The molecule has 1 atom stereocenters. The van der Waals surface area contributed by atoms with E-state index in [2.05, 4.69) is 9.88 Å². The van der Waals surface area contributed by atoms with Gasteiger partial charge in [0, 0.05) is 30.1 Å². The molecule has 114 valence electrons. The quantitative estimate of drug-likeness (QED) is 0.822. The molecule has 5 heteroatoms. The molecule has 2 fully saturated rings. The average molecular weight is 287 g/mol. The molecule has 0 amide bonds. The molecule has 5 nitrogen and oxygen atoms in total. The maximum atomic E-state index is 6.08. The van der Waals surface area contributed by atoms with Gasteiger partial charge in [-0.1, -0.05) is 12.8 Å². The molecule has 21 heavy (non-hydrogen) atoms. The minimum Gasteiger partial charge on any atom is -0.368 e. The predicted octanol–water partition coefficient (Wildman–Crippen LogP) is 1.74. The van der Waals surface area contributed by atoms with Gasteiger partial charge in [-0.2, -0.15) is 4.98 Å². The van der Waals surface area contributed by atoms with Crippen molar-refractivity contribution in [3.63, 3.8) is 0 Å². The second-order valence-electron chi connectivity index (χ2n) is 7.07. The van der Waals surface area contributed by atoms with Crippen LogP contribution in [0.1, 0.15) is 56.2 Å². The molecule has 0 radical (unpaired) electrons. The molecule has 1 saturated carbocycles. The minimum atomic E-state index is 0.265. The van der Waals surface area contributed by atoms with Crippen molar-refractivity contribution < 1.29 is 0 Å². The summed E-state index contributed by atoms with van der Waals surface area (Å²) in [6.45, 7) is 1.90. The molecule has 3 aliphatic rings. The Bertz CT molecular complexity index is 550. The van der Waals surface area contributed by atoms with Gasteiger partial charge >= 0.3 is 0 Å². The minimum absolute atomic E-state index is 0.265. The van der Waals surface area contributed by atoms with Crippen molar-refractivity contribution in [3.05, 3.63) is 11.3 Å². The Morgan fingerprint density at radius 1 is 1.10 bits per heavy atom. The molecule has 0 bridgehead atoms. The van der Waals surface area contributed by atoms with Gasteiger partial charge in [0.2, 0.25) is 5.95 Å². The van der Waals surface area contributed by atoms with Crippen LogP contribution in [0.2, 0.25) is 0 Å². The normalized spacial score (nSPS) is 27.3. The Balaban J connectivity index is 1.81. The summed E-state index contributed by atoms with van der Waals surface area (Å²) in [7, 11) is 0. The van der Waals surface area contributed by atoms with Crippen molar-refractivity contribution in [1.29, 1.82) is 0 Å².